The van der Waals surface area contributed by atoms with Gasteiger partial charge in [-0.3, -0.25) is 0 Å². The monoisotopic (exact) mass is 324 g/mol. The van der Waals surface area contributed by atoms with Crippen molar-refractivity contribution in [2.75, 3.05) is 6.61 Å². The van der Waals surface area contributed by atoms with Crippen LogP contribution in [0.25, 0.3) is 0 Å². The first-order chi connectivity index (χ1) is 10.9. The second-order valence-electron chi connectivity index (χ2n) is 7.00. The first kappa shape index (κ1) is 18.0. The number of carbonyl (C=O) groups excluding carboxylic acids is 1. The molecule has 2 unspecified atom stereocenters. The summed E-state index contributed by atoms with van der Waals surface area (Å²) < 4.78 is 10.6. The minimum atomic E-state index is -1.39. The van der Waals surface area contributed by atoms with Gasteiger partial charge in [0.05, 0.1) is 6.61 Å². The topological polar surface area (TPSA) is 76.1 Å². The summed E-state index contributed by atoms with van der Waals surface area (Å²) in [5.74, 6) is -0.883. The molecule has 0 aromatic carbocycles. The number of carbonyl (C=O) groups is 2. The second kappa shape index (κ2) is 7.47. The lowest BCUT2D eigenvalue weighted by atomic mass is 9.84. The zero-order chi connectivity index (χ0) is 16.9. The van der Waals surface area contributed by atoms with Crippen molar-refractivity contribution in [1.29, 1.82) is 0 Å². The molecule has 5 heteroatoms. The van der Waals surface area contributed by atoms with E-state index in [1.54, 1.807) is 12.2 Å². The smallest absolute Gasteiger partial charge is 0.346 e. The summed E-state index contributed by atoms with van der Waals surface area (Å²) in [6.45, 7) is 4.79. The number of unbranched alkanes of at least 4 members (excludes halogenated alkanes) is 4. The molecule has 0 bridgehead atoms. The molecule has 2 rings (SSSR count). The normalized spacial score (nSPS) is 28.5. The molecule has 0 radical (unpaired) electrons. The number of carboxylic acid groups (broad SMARTS) is 1. The van der Waals surface area contributed by atoms with Gasteiger partial charge in [0.15, 0.2) is 0 Å². The fraction of sp³-hybridized carbons (Fsp3) is 0.778. The molecule has 1 aliphatic carbocycles. The second-order valence-corrected chi connectivity index (χ2v) is 7.00. The molecule has 0 aromatic rings. The van der Waals surface area contributed by atoms with Crippen LogP contribution in [0.4, 0.5) is 0 Å². The molecule has 2 atom stereocenters. The number of rotatable bonds is 10. The largest absolute Gasteiger partial charge is 0.479 e. The number of fused-ring (bicyclic) bond motifs is 1. The van der Waals surface area contributed by atoms with Crippen LogP contribution in [0.1, 0.15) is 65.2 Å². The van der Waals surface area contributed by atoms with Gasteiger partial charge in [-0.05, 0) is 31.3 Å². The molecular formula is C18H28O5. The van der Waals surface area contributed by atoms with Gasteiger partial charge in [0.25, 0.3) is 0 Å². The molecule has 1 heterocycles. The van der Waals surface area contributed by atoms with Crippen LogP contribution >= 0.6 is 0 Å². The van der Waals surface area contributed by atoms with E-state index in [2.05, 4.69) is 13.8 Å². The Labute approximate surface area is 138 Å². The quantitative estimate of drug-likeness (QED) is 0.288. The Morgan fingerprint density at radius 2 is 1.91 bits per heavy atom. The standard InChI is InChI=1S/C18H28O5/c1-14(2)10-6-4-3-5-9-13-22-16(21)18-12-8-7-11-17(18,23-18)15(19)20/h8,12,14H,3-7,9-11,13H2,1-2H3,(H,19,20). The molecule has 1 aliphatic heterocycles. The zero-order valence-electron chi connectivity index (χ0n) is 14.2. The summed E-state index contributed by atoms with van der Waals surface area (Å²) in [6.07, 6.45) is 11.0. The van der Waals surface area contributed by atoms with Crippen LogP contribution in [-0.2, 0) is 19.1 Å². The lowest BCUT2D eigenvalue weighted by molar-refractivity contribution is -0.150. The maximum Gasteiger partial charge on any atom is 0.346 e. The molecule has 5 nitrogen and oxygen atoms in total. The number of esters is 1. The van der Waals surface area contributed by atoms with Gasteiger partial charge in [-0.25, -0.2) is 9.59 Å². The fourth-order valence-corrected chi connectivity index (χ4v) is 3.23. The third-order valence-electron chi connectivity index (χ3n) is 4.72. The highest BCUT2D eigenvalue weighted by Crippen LogP contribution is 2.55. The molecule has 0 saturated carbocycles. The molecule has 23 heavy (non-hydrogen) atoms. The molecular weight excluding hydrogens is 296 g/mol. The van der Waals surface area contributed by atoms with Crippen molar-refractivity contribution in [2.45, 2.75) is 76.4 Å². The van der Waals surface area contributed by atoms with E-state index in [-0.39, 0.29) is 0 Å². The first-order valence-electron chi connectivity index (χ1n) is 8.73. The van der Waals surface area contributed by atoms with Crippen molar-refractivity contribution in [2.24, 2.45) is 5.92 Å². The van der Waals surface area contributed by atoms with Gasteiger partial charge in [-0.15, -0.1) is 0 Å². The molecule has 0 spiro atoms. The maximum atomic E-state index is 12.2. The van der Waals surface area contributed by atoms with E-state index in [1.807, 2.05) is 0 Å². The van der Waals surface area contributed by atoms with Gasteiger partial charge >= 0.3 is 11.9 Å². The number of hydrogen-bond donors (Lipinski definition) is 1. The van der Waals surface area contributed by atoms with E-state index in [1.165, 1.54) is 19.3 Å². The first-order valence-corrected chi connectivity index (χ1v) is 8.73. The van der Waals surface area contributed by atoms with Crippen LogP contribution in [0.15, 0.2) is 12.2 Å². The summed E-state index contributed by atoms with van der Waals surface area (Å²) in [5.41, 5.74) is -2.77. The van der Waals surface area contributed by atoms with Crippen molar-refractivity contribution >= 4 is 11.9 Å². The van der Waals surface area contributed by atoms with Crippen molar-refractivity contribution in [3.05, 3.63) is 12.2 Å². The van der Waals surface area contributed by atoms with Crippen LogP contribution in [-0.4, -0.2) is 34.9 Å². The average molecular weight is 324 g/mol. The molecule has 2 aliphatic rings. The Hall–Kier alpha value is -1.36. The highest BCUT2D eigenvalue weighted by molar-refractivity contribution is 5.99. The van der Waals surface area contributed by atoms with Gasteiger partial charge in [0.1, 0.15) is 0 Å². The molecule has 0 aromatic heterocycles. The summed E-state index contributed by atoms with van der Waals surface area (Å²) in [4.78, 5) is 23.6. The van der Waals surface area contributed by atoms with E-state index in [9.17, 15) is 14.7 Å². The van der Waals surface area contributed by atoms with Gasteiger partial charge in [0, 0.05) is 0 Å². The van der Waals surface area contributed by atoms with Crippen molar-refractivity contribution in [3.8, 4) is 0 Å². The third-order valence-corrected chi connectivity index (χ3v) is 4.72. The average Bonchev–Trinajstić information content (AvgIpc) is 3.22. The minimum Gasteiger partial charge on any atom is -0.479 e. The Balaban J connectivity index is 1.65. The molecule has 130 valence electrons. The maximum absolute atomic E-state index is 12.2. The van der Waals surface area contributed by atoms with Gasteiger partial charge in [0.2, 0.25) is 11.2 Å². The predicted molar refractivity (Wildman–Crippen MR) is 86.1 cm³/mol. The highest BCUT2D eigenvalue weighted by Gasteiger charge is 2.79. The Morgan fingerprint density at radius 1 is 1.22 bits per heavy atom. The van der Waals surface area contributed by atoms with Crippen LogP contribution in [0, 0.1) is 5.92 Å². The summed E-state index contributed by atoms with van der Waals surface area (Å²) >= 11 is 0. The number of epoxide rings is 1. The highest BCUT2D eigenvalue weighted by atomic mass is 16.7. The Kier molecular flexibility index (Phi) is 5.84. The van der Waals surface area contributed by atoms with Crippen LogP contribution < -0.4 is 0 Å². The lowest BCUT2D eigenvalue weighted by Crippen LogP contribution is -2.41. The summed E-state index contributed by atoms with van der Waals surface area (Å²) in [6, 6.07) is 0. The van der Waals surface area contributed by atoms with Crippen LogP contribution in [0.3, 0.4) is 0 Å². The Bertz CT molecular complexity index is 470. The zero-order valence-corrected chi connectivity index (χ0v) is 14.2. The summed E-state index contributed by atoms with van der Waals surface area (Å²) in [7, 11) is 0. The van der Waals surface area contributed by atoms with Crippen LogP contribution in [0.2, 0.25) is 0 Å². The minimum absolute atomic E-state index is 0.323. The summed E-state index contributed by atoms with van der Waals surface area (Å²) in [5, 5.41) is 9.32. The van der Waals surface area contributed by atoms with Gasteiger partial charge in [-0.2, -0.15) is 0 Å². The van der Waals surface area contributed by atoms with Crippen molar-refractivity contribution in [1.82, 2.24) is 0 Å². The Morgan fingerprint density at radius 3 is 2.61 bits per heavy atom. The molecule has 1 N–H and O–H groups in total. The van der Waals surface area contributed by atoms with Crippen molar-refractivity contribution < 1.29 is 24.2 Å². The number of ether oxygens (including phenoxy) is 2. The molecule has 0 amide bonds. The van der Waals surface area contributed by atoms with E-state index in [4.69, 9.17) is 9.47 Å². The van der Waals surface area contributed by atoms with E-state index < -0.39 is 23.1 Å². The number of carboxylic acids is 1. The SMILES string of the molecule is CC(C)CCCCCCCOC(=O)C12C=CCCC1(C(=O)O)O2. The molecule has 1 saturated heterocycles. The van der Waals surface area contributed by atoms with E-state index in [0.29, 0.717) is 19.4 Å². The number of hydrogen-bond acceptors (Lipinski definition) is 4. The number of aliphatic carboxylic acids is 1. The van der Waals surface area contributed by atoms with Gasteiger partial charge < -0.3 is 14.6 Å². The fourth-order valence-electron chi connectivity index (χ4n) is 3.23. The predicted octanol–water partition coefficient (Wildman–Crippen LogP) is 3.47. The molecule has 1 fully saturated rings. The van der Waals surface area contributed by atoms with Gasteiger partial charge in [-0.1, -0.05) is 52.0 Å². The van der Waals surface area contributed by atoms with Crippen molar-refractivity contribution in [3.63, 3.8) is 0 Å². The lowest BCUT2D eigenvalue weighted by Gasteiger charge is -2.16. The van der Waals surface area contributed by atoms with Crippen LogP contribution in [0.5, 0.6) is 0 Å². The van der Waals surface area contributed by atoms with E-state index in [0.717, 1.165) is 25.2 Å². The number of allylic oxidation sites excluding steroid dienone is 1. The third kappa shape index (κ3) is 3.77. The van der Waals surface area contributed by atoms with E-state index >= 15 is 0 Å².